The van der Waals surface area contributed by atoms with Gasteiger partial charge in [-0.2, -0.15) is 0 Å². The van der Waals surface area contributed by atoms with Crippen LogP contribution in [-0.4, -0.2) is 52.7 Å². The Bertz CT molecular complexity index is 1700. The third kappa shape index (κ3) is 5.60. The number of benzene rings is 3. The zero-order valence-corrected chi connectivity index (χ0v) is 21.9. The number of anilines is 1. The zero-order valence-electron chi connectivity index (χ0n) is 21.9. The van der Waals surface area contributed by atoms with Gasteiger partial charge in [0.2, 0.25) is 5.95 Å². The summed E-state index contributed by atoms with van der Waals surface area (Å²) in [6, 6.07) is 23.4. The Balaban J connectivity index is 1.04. The lowest BCUT2D eigenvalue weighted by molar-refractivity contribution is 0.0445. The second kappa shape index (κ2) is 11.3. The van der Waals surface area contributed by atoms with Crippen molar-refractivity contribution in [2.75, 3.05) is 31.6 Å². The molecular formula is C31H29FN4O4. The number of aromatic nitrogens is 2. The number of nitrogens with zero attached hydrogens (tertiary/aromatic N) is 3. The molecule has 204 valence electrons. The smallest absolute Gasteiger partial charge is 0.351 e. The number of para-hydroxylation sites is 3. The third-order valence-corrected chi connectivity index (χ3v) is 7.33. The Morgan fingerprint density at radius 1 is 1.02 bits per heavy atom. The molecular weight excluding hydrogens is 511 g/mol. The lowest BCUT2D eigenvalue weighted by atomic mass is 10.1. The van der Waals surface area contributed by atoms with E-state index in [4.69, 9.17) is 14.1 Å². The Morgan fingerprint density at radius 3 is 2.60 bits per heavy atom. The quantitative estimate of drug-likeness (QED) is 0.217. The first-order valence-corrected chi connectivity index (χ1v) is 13.4. The average molecular weight is 541 g/mol. The standard InChI is InChI=1S/C31H29FN4O4/c32-23-11-9-21(10-12-23)20-36-27-7-3-2-6-26(27)34-31(36)33-24-13-15-35(16-14-24)17-18-39-29(37)25-19-22-5-1-4-8-28(22)40-30(25)38/h1-12,19,24H,13-18,20H2,(H,33,34). The molecule has 5 aromatic rings. The van der Waals surface area contributed by atoms with Crippen LogP contribution in [0, 0.1) is 5.82 Å². The number of rotatable bonds is 8. The van der Waals surface area contributed by atoms with Gasteiger partial charge in [-0.15, -0.1) is 0 Å². The maximum Gasteiger partial charge on any atom is 0.351 e. The van der Waals surface area contributed by atoms with Crippen LogP contribution in [0.5, 0.6) is 0 Å². The van der Waals surface area contributed by atoms with Crippen molar-refractivity contribution >= 4 is 33.9 Å². The van der Waals surface area contributed by atoms with E-state index in [-0.39, 0.29) is 24.0 Å². The highest BCUT2D eigenvalue weighted by Crippen LogP contribution is 2.24. The number of carbonyl (C=O) groups excluding carboxylic acids is 1. The number of hydrogen-bond donors (Lipinski definition) is 1. The van der Waals surface area contributed by atoms with E-state index in [0.717, 1.165) is 48.5 Å². The molecule has 0 saturated carbocycles. The summed E-state index contributed by atoms with van der Waals surface area (Å²) in [5.74, 6) is -0.123. The molecule has 1 N–H and O–H groups in total. The number of halogens is 1. The molecule has 3 heterocycles. The fourth-order valence-electron chi connectivity index (χ4n) is 5.15. The Labute approximate surface area is 230 Å². The molecule has 0 bridgehead atoms. The normalized spacial score (nSPS) is 14.5. The summed E-state index contributed by atoms with van der Waals surface area (Å²) in [6.45, 7) is 3.04. The predicted octanol–water partition coefficient (Wildman–Crippen LogP) is 5.06. The van der Waals surface area contributed by atoms with Crippen LogP contribution in [0.3, 0.4) is 0 Å². The van der Waals surface area contributed by atoms with Crippen molar-refractivity contribution in [2.45, 2.75) is 25.4 Å². The molecule has 6 rings (SSSR count). The van der Waals surface area contributed by atoms with Gasteiger partial charge in [-0.3, -0.25) is 4.90 Å². The van der Waals surface area contributed by atoms with Gasteiger partial charge in [0.25, 0.3) is 0 Å². The average Bonchev–Trinajstić information content (AvgIpc) is 3.31. The van der Waals surface area contributed by atoms with Crippen LogP contribution in [-0.2, 0) is 11.3 Å². The van der Waals surface area contributed by atoms with E-state index in [2.05, 4.69) is 14.8 Å². The SMILES string of the molecule is O=C(OCCN1CCC(Nc2nc3ccccc3n2Cc2ccc(F)cc2)CC1)c1cc2ccccc2oc1=O. The second-order valence-corrected chi connectivity index (χ2v) is 10.0. The summed E-state index contributed by atoms with van der Waals surface area (Å²) < 4.78 is 26.2. The fourth-order valence-corrected chi connectivity index (χ4v) is 5.15. The van der Waals surface area contributed by atoms with Crippen molar-refractivity contribution in [1.82, 2.24) is 14.5 Å². The minimum Gasteiger partial charge on any atom is -0.461 e. The fraction of sp³-hybridized carbons (Fsp3) is 0.258. The highest BCUT2D eigenvalue weighted by atomic mass is 19.1. The zero-order chi connectivity index (χ0) is 27.5. The number of nitrogens with one attached hydrogen (secondary N) is 1. The number of hydrogen-bond acceptors (Lipinski definition) is 7. The van der Waals surface area contributed by atoms with Crippen LogP contribution < -0.4 is 10.9 Å². The molecule has 1 aliphatic heterocycles. The molecule has 9 heteroatoms. The van der Waals surface area contributed by atoms with Gasteiger partial charge in [0, 0.05) is 31.1 Å². The monoisotopic (exact) mass is 540 g/mol. The largest absolute Gasteiger partial charge is 0.461 e. The summed E-state index contributed by atoms with van der Waals surface area (Å²) in [5.41, 5.74) is 2.58. The molecule has 1 fully saturated rings. The molecule has 1 saturated heterocycles. The molecule has 0 amide bonds. The molecule has 8 nitrogen and oxygen atoms in total. The van der Waals surface area contributed by atoms with Crippen LogP contribution in [0.15, 0.2) is 88.1 Å². The van der Waals surface area contributed by atoms with Crippen LogP contribution in [0.25, 0.3) is 22.0 Å². The first-order chi connectivity index (χ1) is 19.5. The van der Waals surface area contributed by atoms with Crippen molar-refractivity contribution in [3.05, 3.63) is 106 Å². The summed E-state index contributed by atoms with van der Waals surface area (Å²) in [7, 11) is 0. The molecule has 0 atom stereocenters. The van der Waals surface area contributed by atoms with Crippen LogP contribution in [0.4, 0.5) is 10.3 Å². The van der Waals surface area contributed by atoms with Gasteiger partial charge in [-0.05, 0) is 54.8 Å². The summed E-state index contributed by atoms with van der Waals surface area (Å²) in [5, 5.41) is 4.30. The first-order valence-electron chi connectivity index (χ1n) is 13.4. The van der Waals surface area contributed by atoms with Crippen molar-refractivity contribution in [3.63, 3.8) is 0 Å². The number of ether oxygens (including phenoxy) is 1. The molecule has 0 aliphatic carbocycles. The molecule has 2 aromatic heterocycles. The highest BCUT2D eigenvalue weighted by molar-refractivity contribution is 5.92. The van der Waals surface area contributed by atoms with E-state index in [1.807, 2.05) is 30.3 Å². The molecule has 0 spiro atoms. The summed E-state index contributed by atoms with van der Waals surface area (Å²) in [6.07, 6.45) is 1.81. The number of carbonyl (C=O) groups is 1. The molecule has 3 aromatic carbocycles. The molecule has 40 heavy (non-hydrogen) atoms. The number of fused-ring (bicyclic) bond motifs is 2. The number of piperidine rings is 1. The Kier molecular flexibility index (Phi) is 7.29. The van der Waals surface area contributed by atoms with Gasteiger partial charge in [0.1, 0.15) is 23.6 Å². The molecule has 0 unspecified atom stereocenters. The van der Waals surface area contributed by atoms with Crippen molar-refractivity contribution in [2.24, 2.45) is 0 Å². The Hall–Kier alpha value is -4.50. The summed E-state index contributed by atoms with van der Waals surface area (Å²) in [4.78, 5) is 31.8. The Morgan fingerprint density at radius 2 is 1.77 bits per heavy atom. The van der Waals surface area contributed by atoms with E-state index in [9.17, 15) is 14.0 Å². The van der Waals surface area contributed by atoms with E-state index in [1.54, 1.807) is 30.3 Å². The third-order valence-electron chi connectivity index (χ3n) is 7.33. The first kappa shape index (κ1) is 25.8. The maximum absolute atomic E-state index is 13.4. The van der Waals surface area contributed by atoms with Gasteiger partial charge in [-0.1, -0.05) is 42.5 Å². The number of imidazole rings is 1. The minimum absolute atomic E-state index is 0.0925. The number of likely N-dealkylation sites (tertiary alicyclic amines) is 1. The van der Waals surface area contributed by atoms with Crippen molar-refractivity contribution < 1.29 is 18.3 Å². The predicted molar refractivity (Wildman–Crippen MR) is 151 cm³/mol. The minimum atomic E-state index is -0.693. The van der Waals surface area contributed by atoms with E-state index in [0.29, 0.717) is 24.1 Å². The maximum atomic E-state index is 13.4. The van der Waals surface area contributed by atoms with Gasteiger partial charge in [-0.25, -0.2) is 19.0 Å². The van der Waals surface area contributed by atoms with Gasteiger partial charge >= 0.3 is 11.6 Å². The van der Waals surface area contributed by atoms with Gasteiger partial charge < -0.3 is 19.0 Å². The van der Waals surface area contributed by atoms with Crippen LogP contribution in [0.2, 0.25) is 0 Å². The van der Waals surface area contributed by atoms with Gasteiger partial charge in [0.15, 0.2) is 0 Å². The summed E-state index contributed by atoms with van der Waals surface area (Å²) >= 11 is 0. The lowest BCUT2D eigenvalue weighted by Gasteiger charge is -2.32. The van der Waals surface area contributed by atoms with Gasteiger partial charge in [0.05, 0.1) is 17.6 Å². The molecule has 1 aliphatic rings. The second-order valence-electron chi connectivity index (χ2n) is 10.0. The van der Waals surface area contributed by atoms with Crippen LogP contribution in [0.1, 0.15) is 28.8 Å². The van der Waals surface area contributed by atoms with Crippen molar-refractivity contribution in [1.29, 1.82) is 0 Å². The van der Waals surface area contributed by atoms with E-state index >= 15 is 0 Å². The topological polar surface area (TPSA) is 89.6 Å². The lowest BCUT2D eigenvalue weighted by Crippen LogP contribution is -2.41. The van der Waals surface area contributed by atoms with E-state index in [1.165, 1.54) is 18.2 Å². The molecule has 0 radical (unpaired) electrons. The van der Waals surface area contributed by atoms with Crippen molar-refractivity contribution in [3.8, 4) is 0 Å². The van der Waals surface area contributed by atoms with Crippen LogP contribution >= 0.6 is 0 Å². The van der Waals surface area contributed by atoms with E-state index < -0.39 is 11.6 Å². The highest BCUT2D eigenvalue weighted by Gasteiger charge is 2.22. The number of esters is 1.